The van der Waals surface area contributed by atoms with Gasteiger partial charge in [0.1, 0.15) is 10.6 Å². The highest BCUT2D eigenvalue weighted by molar-refractivity contribution is 8.15. The first-order chi connectivity index (χ1) is 15.6. The SMILES string of the molecule is Cc1cccc(N=C(SCC(=O)Nc2ccc(Cl)c(Cl)c2)c2c(O)n(C)c(=O)n(C)c2=O)c1. The van der Waals surface area contributed by atoms with Crippen molar-refractivity contribution in [2.24, 2.45) is 19.1 Å². The van der Waals surface area contributed by atoms with Crippen LogP contribution >= 0.6 is 35.0 Å². The molecule has 1 amide bonds. The van der Waals surface area contributed by atoms with Crippen molar-refractivity contribution in [1.29, 1.82) is 0 Å². The van der Waals surface area contributed by atoms with Gasteiger partial charge in [0.25, 0.3) is 5.56 Å². The second-order valence-electron chi connectivity index (χ2n) is 7.13. The van der Waals surface area contributed by atoms with Crippen molar-refractivity contribution in [2.45, 2.75) is 6.92 Å². The number of hydrogen-bond donors (Lipinski definition) is 2. The number of hydrogen-bond acceptors (Lipinski definition) is 6. The molecule has 3 aromatic rings. The molecule has 0 unspecified atom stereocenters. The van der Waals surface area contributed by atoms with Gasteiger partial charge in [0.2, 0.25) is 11.8 Å². The fourth-order valence-electron chi connectivity index (χ4n) is 2.90. The zero-order valence-electron chi connectivity index (χ0n) is 17.9. The Bertz CT molecular complexity index is 1380. The number of aromatic nitrogens is 2. The Labute approximate surface area is 203 Å². The van der Waals surface area contributed by atoms with Gasteiger partial charge >= 0.3 is 5.69 Å². The van der Waals surface area contributed by atoms with Crippen molar-refractivity contribution >= 4 is 57.3 Å². The number of amides is 1. The molecule has 172 valence electrons. The van der Waals surface area contributed by atoms with E-state index in [0.29, 0.717) is 21.4 Å². The molecule has 2 aromatic carbocycles. The van der Waals surface area contributed by atoms with Gasteiger partial charge in [0, 0.05) is 19.8 Å². The number of rotatable bonds is 5. The Kier molecular flexibility index (Phi) is 7.68. The molecule has 0 radical (unpaired) electrons. The predicted molar refractivity (Wildman–Crippen MR) is 134 cm³/mol. The van der Waals surface area contributed by atoms with Gasteiger partial charge in [-0.3, -0.25) is 18.7 Å². The highest BCUT2D eigenvalue weighted by Crippen LogP contribution is 2.26. The van der Waals surface area contributed by atoms with E-state index in [9.17, 15) is 19.5 Å². The minimum Gasteiger partial charge on any atom is -0.494 e. The van der Waals surface area contributed by atoms with Gasteiger partial charge in [-0.05, 0) is 42.8 Å². The normalized spacial score (nSPS) is 11.5. The lowest BCUT2D eigenvalue weighted by Crippen LogP contribution is -2.39. The quantitative estimate of drug-likeness (QED) is 0.403. The highest BCUT2D eigenvalue weighted by atomic mass is 35.5. The molecular formula is C22H20Cl2N4O4S. The van der Waals surface area contributed by atoms with Crippen LogP contribution in [0.25, 0.3) is 0 Å². The molecule has 0 aliphatic carbocycles. The van der Waals surface area contributed by atoms with Crippen LogP contribution in [-0.2, 0) is 18.9 Å². The number of carbonyl (C=O) groups is 1. The second kappa shape index (κ2) is 10.3. The zero-order valence-corrected chi connectivity index (χ0v) is 20.3. The Balaban J connectivity index is 1.97. The lowest BCUT2D eigenvalue weighted by atomic mass is 10.2. The average Bonchev–Trinajstić information content (AvgIpc) is 2.77. The van der Waals surface area contributed by atoms with Crippen molar-refractivity contribution in [1.82, 2.24) is 9.13 Å². The Morgan fingerprint density at radius 1 is 1.09 bits per heavy atom. The van der Waals surface area contributed by atoms with Gasteiger partial charge in [-0.15, -0.1) is 0 Å². The number of benzene rings is 2. The largest absolute Gasteiger partial charge is 0.494 e. The molecule has 0 saturated heterocycles. The van der Waals surface area contributed by atoms with Gasteiger partial charge in [-0.1, -0.05) is 47.1 Å². The monoisotopic (exact) mass is 506 g/mol. The van der Waals surface area contributed by atoms with Crippen molar-refractivity contribution in [3.05, 3.63) is 84.5 Å². The van der Waals surface area contributed by atoms with E-state index in [1.54, 1.807) is 30.3 Å². The molecule has 0 aliphatic rings. The first-order valence-corrected chi connectivity index (χ1v) is 11.3. The summed E-state index contributed by atoms with van der Waals surface area (Å²) in [5.41, 5.74) is 0.340. The molecule has 0 fully saturated rings. The van der Waals surface area contributed by atoms with E-state index in [-0.39, 0.29) is 16.4 Å². The van der Waals surface area contributed by atoms with Gasteiger partial charge in [0.05, 0.1) is 21.5 Å². The highest BCUT2D eigenvalue weighted by Gasteiger charge is 2.22. The van der Waals surface area contributed by atoms with Crippen LogP contribution in [0, 0.1) is 6.92 Å². The number of aromatic hydroxyl groups is 1. The molecule has 11 heteroatoms. The van der Waals surface area contributed by atoms with Gasteiger partial charge in [0.15, 0.2) is 0 Å². The number of carbonyl (C=O) groups excluding carboxylic acids is 1. The summed E-state index contributed by atoms with van der Waals surface area (Å²) in [7, 11) is 2.64. The molecule has 0 bridgehead atoms. The van der Waals surface area contributed by atoms with E-state index in [0.717, 1.165) is 26.5 Å². The summed E-state index contributed by atoms with van der Waals surface area (Å²) >= 11 is 12.8. The van der Waals surface area contributed by atoms with E-state index in [1.165, 1.54) is 20.2 Å². The number of aryl methyl sites for hydroxylation is 1. The molecule has 33 heavy (non-hydrogen) atoms. The number of nitrogens with zero attached hydrogens (tertiary/aromatic N) is 3. The lowest BCUT2D eigenvalue weighted by molar-refractivity contribution is -0.113. The maximum absolute atomic E-state index is 12.8. The zero-order chi connectivity index (χ0) is 24.3. The van der Waals surface area contributed by atoms with Crippen molar-refractivity contribution in [2.75, 3.05) is 11.1 Å². The van der Waals surface area contributed by atoms with Crippen LogP contribution < -0.4 is 16.6 Å². The number of thioether (sulfide) groups is 1. The predicted octanol–water partition coefficient (Wildman–Crippen LogP) is 3.86. The maximum Gasteiger partial charge on any atom is 0.333 e. The molecule has 0 aliphatic heterocycles. The van der Waals surface area contributed by atoms with Crippen LogP contribution in [0.4, 0.5) is 11.4 Å². The number of nitrogens with one attached hydrogen (secondary N) is 1. The number of halogens is 2. The molecule has 3 rings (SSSR count). The Hall–Kier alpha value is -3.01. The summed E-state index contributed by atoms with van der Waals surface area (Å²) in [5, 5.41) is 14.0. The molecular weight excluding hydrogens is 487 g/mol. The third-order valence-electron chi connectivity index (χ3n) is 4.62. The van der Waals surface area contributed by atoms with Crippen LogP contribution in [-0.4, -0.2) is 30.9 Å². The Morgan fingerprint density at radius 2 is 1.82 bits per heavy atom. The van der Waals surface area contributed by atoms with Gasteiger partial charge in [-0.2, -0.15) is 0 Å². The van der Waals surface area contributed by atoms with E-state index in [2.05, 4.69) is 10.3 Å². The first-order valence-electron chi connectivity index (χ1n) is 9.61. The van der Waals surface area contributed by atoms with Crippen LogP contribution in [0.3, 0.4) is 0 Å². The minimum absolute atomic E-state index is 0.0959. The van der Waals surface area contributed by atoms with Crippen molar-refractivity contribution < 1.29 is 9.90 Å². The smallest absolute Gasteiger partial charge is 0.333 e. The summed E-state index contributed by atoms with van der Waals surface area (Å²) < 4.78 is 1.82. The summed E-state index contributed by atoms with van der Waals surface area (Å²) in [6.45, 7) is 1.89. The van der Waals surface area contributed by atoms with Crippen LogP contribution in [0.1, 0.15) is 11.1 Å². The topological polar surface area (TPSA) is 106 Å². The third kappa shape index (κ3) is 5.68. The standard InChI is InChI=1S/C22H20Cl2N4O4S/c1-12-5-4-6-13(9-12)26-19(18-20(30)27(2)22(32)28(3)21(18)31)33-11-17(29)25-14-7-8-15(23)16(24)10-14/h4-10,30H,11H2,1-3H3,(H,25,29). The van der Waals surface area contributed by atoms with E-state index in [1.807, 2.05) is 13.0 Å². The van der Waals surface area contributed by atoms with Gasteiger partial charge in [-0.25, -0.2) is 9.79 Å². The fraction of sp³-hybridized carbons (Fsp3) is 0.182. The molecule has 1 heterocycles. The molecule has 8 nitrogen and oxygen atoms in total. The first kappa shape index (κ1) is 24.6. The lowest BCUT2D eigenvalue weighted by Gasteiger charge is -2.13. The number of aliphatic imine (C=N–C) groups is 1. The van der Waals surface area contributed by atoms with Crippen LogP contribution in [0.2, 0.25) is 10.0 Å². The summed E-state index contributed by atoms with van der Waals surface area (Å²) in [5.74, 6) is -1.06. The average molecular weight is 507 g/mol. The molecule has 0 spiro atoms. The molecule has 0 saturated carbocycles. The molecule has 2 N–H and O–H groups in total. The summed E-state index contributed by atoms with van der Waals surface area (Å²) in [4.78, 5) is 42.0. The minimum atomic E-state index is -0.723. The fourth-order valence-corrected chi connectivity index (χ4v) is 4.03. The summed E-state index contributed by atoms with van der Waals surface area (Å²) in [6, 6.07) is 11.9. The Morgan fingerprint density at radius 3 is 2.48 bits per heavy atom. The molecule has 1 aromatic heterocycles. The maximum atomic E-state index is 12.8. The van der Waals surface area contributed by atoms with Crippen molar-refractivity contribution in [3.63, 3.8) is 0 Å². The second-order valence-corrected chi connectivity index (χ2v) is 8.90. The van der Waals surface area contributed by atoms with Crippen LogP contribution in [0.15, 0.2) is 57.0 Å². The van der Waals surface area contributed by atoms with Crippen LogP contribution in [0.5, 0.6) is 5.88 Å². The third-order valence-corrected chi connectivity index (χ3v) is 6.34. The molecule has 0 atom stereocenters. The number of anilines is 1. The van der Waals surface area contributed by atoms with Gasteiger partial charge < -0.3 is 10.4 Å². The van der Waals surface area contributed by atoms with E-state index in [4.69, 9.17) is 23.2 Å². The van der Waals surface area contributed by atoms with Crippen molar-refractivity contribution in [3.8, 4) is 5.88 Å². The van der Waals surface area contributed by atoms with E-state index >= 15 is 0 Å². The van der Waals surface area contributed by atoms with E-state index < -0.39 is 23.0 Å². The summed E-state index contributed by atoms with van der Waals surface area (Å²) in [6.07, 6.45) is 0.